The number of nitrogens with one attached hydrogen (secondary N) is 1. The van der Waals surface area contributed by atoms with E-state index in [4.69, 9.17) is 0 Å². The lowest BCUT2D eigenvalue weighted by molar-refractivity contribution is 0.409. The molecule has 2 heterocycles. The van der Waals surface area contributed by atoms with Gasteiger partial charge in [0.05, 0.1) is 17.6 Å². The Balaban J connectivity index is 2.00. The fraction of sp³-hybridized carbons (Fsp3) is 0.385. The van der Waals surface area contributed by atoms with Crippen molar-refractivity contribution in [2.24, 2.45) is 0 Å². The number of anilines is 1. The van der Waals surface area contributed by atoms with Crippen LogP contribution >= 0.6 is 0 Å². The minimum absolute atomic E-state index is 0.653. The molecular weight excluding hydrogens is 212 g/mol. The van der Waals surface area contributed by atoms with Gasteiger partial charge in [0.15, 0.2) is 0 Å². The van der Waals surface area contributed by atoms with Gasteiger partial charge in [-0.1, -0.05) is 6.42 Å². The molecule has 1 fully saturated rings. The molecule has 0 aliphatic heterocycles. The summed E-state index contributed by atoms with van der Waals surface area (Å²) in [6.07, 6.45) is 7.48. The largest absolute Gasteiger partial charge is 0.373 e. The zero-order valence-electron chi connectivity index (χ0n) is 9.93. The molecule has 17 heavy (non-hydrogen) atoms. The van der Waals surface area contributed by atoms with Gasteiger partial charge in [-0.15, -0.1) is 0 Å². The molecule has 0 unspecified atom stereocenters. The van der Waals surface area contributed by atoms with Crippen LogP contribution in [0, 0.1) is 0 Å². The molecule has 0 radical (unpaired) electrons. The summed E-state index contributed by atoms with van der Waals surface area (Å²) >= 11 is 0. The molecule has 0 saturated heterocycles. The molecule has 4 heteroatoms. The minimum atomic E-state index is 0.653. The predicted octanol–water partition coefficient (Wildman–Crippen LogP) is 2.58. The summed E-state index contributed by atoms with van der Waals surface area (Å²) in [7, 11) is 1.93. The average molecular weight is 228 g/mol. The van der Waals surface area contributed by atoms with Crippen LogP contribution < -0.4 is 5.32 Å². The molecule has 3 rings (SSSR count). The van der Waals surface area contributed by atoms with Crippen LogP contribution in [0.15, 0.2) is 30.6 Å². The molecule has 0 bridgehead atoms. The highest BCUT2D eigenvalue weighted by atomic mass is 15.3. The first-order chi connectivity index (χ1) is 8.38. The Kier molecular flexibility index (Phi) is 2.55. The van der Waals surface area contributed by atoms with Crippen LogP contribution in [0.1, 0.15) is 30.9 Å². The summed E-state index contributed by atoms with van der Waals surface area (Å²) in [5, 5.41) is 7.88. The highest BCUT2D eigenvalue weighted by Crippen LogP contribution is 2.36. The summed E-state index contributed by atoms with van der Waals surface area (Å²) in [6, 6.07) is 6.10. The lowest BCUT2D eigenvalue weighted by Gasteiger charge is -2.22. The summed E-state index contributed by atoms with van der Waals surface area (Å²) in [4.78, 5) is 4.14. The van der Waals surface area contributed by atoms with Crippen molar-refractivity contribution >= 4 is 5.82 Å². The average Bonchev–Trinajstić information content (AvgIpc) is 2.72. The summed E-state index contributed by atoms with van der Waals surface area (Å²) in [5.74, 6) is 1.68. The summed E-state index contributed by atoms with van der Waals surface area (Å²) in [6.45, 7) is 0. The second-order valence-electron chi connectivity index (χ2n) is 4.46. The molecule has 0 aromatic carbocycles. The lowest BCUT2D eigenvalue weighted by atomic mass is 9.83. The molecule has 1 N–H and O–H groups in total. The second-order valence-corrected chi connectivity index (χ2v) is 4.46. The van der Waals surface area contributed by atoms with Gasteiger partial charge >= 0.3 is 0 Å². The van der Waals surface area contributed by atoms with Gasteiger partial charge in [0, 0.05) is 25.2 Å². The van der Waals surface area contributed by atoms with Crippen molar-refractivity contribution in [2.45, 2.75) is 25.2 Å². The van der Waals surface area contributed by atoms with Crippen LogP contribution in [0.3, 0.4) is 0 Å². The van der Waals surface area contributed by atoms with E-state index < -0.39 is 0 Å². The smallest absolute Gasteiger partial charge is 0.129 e. The van der Waals surface area contributed by atoms with Crippen LogP contribution in [0.25, 0.3) is 5.69 Å². The molecule has 1 saturated carbocycles. The fourth-order valence-corrected chi connectivity index (χ4v) is 2.16. The number of hydrogen-bond acceptors (Lipinski definition) is 3. The number of pyridine rings is 1. The zero-order valence-corrected chi connectivity index (χ0v) is 9.93. The molecule has 0 spiro atoms. The molecular formula is C13H16N4. The maximum atomic E-state index is 4.69. The van der Waals surface area contributed by atoms with Gasteiger partial charge < -0.3 is 5.32 Å². The fourth-order valence-electron chi connectivity index (χ4n) is 2.16. The van der Waals surface area contributed by atoms with E-state index in [1.807, 2.05) is 30.1 Å². The van der Waals surface area contributed by atoms with Crippen LogP contribution in [-0.2, 0) is 0 Å². The molecule has 1 aliphatic carbocycles. The summed E-state index contributed by atoms with van der Waals surface area (Å²) in [5.41, 5.74) is 2.20. The molecule has 4 nitrogen and oxygen atoms in total. The van der Waals surface area contributed by atoms with E-state index in [1.165, 1.54) is 25.0 Å². The van der Waals surface area contributed by atoms with Gasteiger partial charge in [-0.3, -0.25) is 4.98 Å². The van der Waals surface area contributed by atoms with Gasteiger partial charge in [0.1, 0.15) is 5.82 Å². The van der Waals surface area contributed by atoms with Crippen LogP contribution in [0.2, 0.25) is 0 Å². The normalized spacial score (nSPS) is 15.6. The maximum absolute atomic E-state index is 4.69. The van der Waals surface area contributed by atoms with Gasteiger partial charge in [0.2, 0.25) is 0 Å². The first kappa shape index (κ1) is 10.3. The summed E-state index contributed by atoms with van der Waals surface area (Å²) < 4.78 is 1.93. The van der Waals surface area contributed by atoms with E-state index in [2.05, 4.69) is 21.5 Å². The van der Waals surface area contributed by atoms with Crippen LogP contribution in [-0.4, -0.2) is 21.8 Å². The Morgan fingerprint density at radius 2 is 2.29 bits per heavy atom. The highest BCUT2D eigenvalue weighted by molar-refractivity contribution is 5.45. The Morgan fingerprint density at radius 3 is 2.88 bits per heavy atom. The van der Waals surface area contributed by atoms with Gasteiger partial charge in [-0.25, -0.2) is 4.68 Å². The van der Waals surface area contributed by atoms with E-state index >= 15 is 0 Å². The van der Waals surface area contributed by atoms with Crippen molar-refractivity contribution in [1.82, 2.24) is 14.8 Å². The van der Waals surface area contributed by atoms with E-state index in [0.29, 0.717) is 5.92 Å². The predicted molar refractivity (Wildman–Crippen MR) is 67.5 cm³/mol. The topological polar surface area (TPSA) is 42.7 Å². The number of hydrogen-bond donors (Lipinski definition) is 1. The van der Waals surface area contributed by atoms with Crippen molar-refractivity contribution in [3.8, 4) is 5.69 Å². The highest BCUT2D eigenvalue weighted by Gasteiger charge is 2.23. The number of nitrogens with zero attached hydrogens (tertiary/aromatic N) is 3. The van der Waals surface area contributed by atoms with E-state index in [-0.39, 0.29) is 0 Å². The Hall–Kier alpha value is -1.84. The monoisotopic (exact) mass is 228 g/mol. The van der Waals surface area contributed by atoms with Crippen LogP contribution in [0.4, 0.5) is 5.82 Å². The minimum Gasteiger partial charge on any atom is -0.373 e. The van der Waals surface area contributed by atoms with E-state index in [0.717, 1.165) is 11.5 Å². The number of rotatable bonds is 3. The third-order valence-electron chi connectivity index (χ3n) is 3.40. The van der Waals surface area contributed by atoms with Crippen molar-refractivity contribution in [3.63, 3.8) is 0 Å². The van der Waals surface area contributed by atoms with Crippen LogP contribution in [0.5, 0.6) is 0 Å². The van der Waals surface area contributed by atoms with Crippen molar-refractivity contribution in [1.29, 1.82) is 0 Å². The van der Waals surface area contributed by atoms with E-state index in [1.54, 1.807) is 6.20 Å². The lowest BCUT2D eigenvalue weighted by Crippen LogP contribution is -2.10. The van der Waals surface area contributed by atoms with Crippen molar-refractivity contribution < 1.29 is 0 Å². The third kappa shape index (κ3) is 1.79. The molecule has 2 aromatic rings. The van der Waals surface area contributed by atoms with Crippen molar-refractivity contribution in [3.05, 3.63) is 36.3 Å². The van der Waals surface area contributed by atoms with Crippen molar-refractivity contribution in [2.75, 3.05) is 12.4 Å². The molecule has 0 atom stereocenters. The Morgan fingerprint density at radius 1 is 1.41 bits per heavy atom. The SMILES string of the molecule is CNc1cc(C2CCC2)nn1-c1cccnc1. The first-order valence-corrected chi connectivity index (χ1v) is 6.06. The Bertz CT molecular complexity index is 499. The zero-order chi connectivity index (χ0) is 11.7. The standard InChI is InChI=1S/C13H16N4/c1-14-13-8-12(10-4-2-5-10)16-17(13)11-6-3-7-15-9-11/h3,6-10,14H,2,4-5H2,1H3. The maximum Gasteiger partial charge on any atom is 0.129 e. The molecule has 88 valence electrons. The van der Waals surface area contributed by atoms with Gasteiger partial charge in [-0.2, -0.15) is 5.10 Å². The second kappa shape index (κ2) is 4.20. The molecule has 0 amide bonds. The third-order valence-corrected chi connectivity index (χ3v) is 3.40. The van der Waals surface area contributed by atoms with E-state index in [9.17, 15) is 0 Å². The van der Waals surface area contributed by atoms with Gasteiger partial charge in [-0.05, 0) is 25.0 Å². The quantitative estimate of drug-likeness (QED) is 0.878. The first-order valence-electron chi connectivity index (χ1n) is 6.06. The van der Waals surface area contributed by atoms with Gasteiger partial charge in [0.25, 0.3) is 0 Å². The molecule has 1 aliphatic rings. The molecule has 2 aromatic heterocycles. The Labute approximate surface area is 101 Å². The number of aromatic nitrogens is 3.